The summed E-state index contributed by atoms with van der Waals surface area (Å²) in [7, 11) is -2.19. The van der Waals surface area contributed by atoms with Crippen molar-refractivity contribution < 1.29 is 27.6 Å². The summed E-state index contributed by atoms with van der Waals surface area (Å²) in [6.07, 6.45) is 0.960. The van der Waals surface area contributed by atoms with E-state index in [1.54, 1.807) is 0 Å². The molecule has 2 N–H and O–H groups in total. The number of carbonyl (C=O) groups is 1. The van der Waals surface area contributed by atoms with E-state index in [0.29, 0.717) is 0 Å². The highest BCUT2D eigenvalue weighted by molar-refractivity contribution is 7.92. The van der Waals surface area contributed by atoms with Crippen LogP contribution < -0.4 is 19.5 Å². The van der Waals surface area contributed by atoms with Crippen molar-refractivity contribution >= 4 is 54.8 Å². The minimum atomic E-state index is -3.53. The van der Waals surface area contributed by atoms with Crippen LogP contribution in [0.4, 0.5) is 16.0 Å². The van der Waals surface area contributed by atoms with Gasteiger partial charge < -0.3 is 9.47 Å². The van der Waals surface area contributed by atoms with E-state index in [1.165, 1.54) is 37.4 Å². The highest BCUT2D eigenvalue weighted by atomic mass is 35.5. The number of amides is 1. The van der Waals surface area contributed by atoms with Crippen molar-refractivity contribution in [2.45, 2.75) is 0 Å². The number of ether oxygens (including phenoxy) is 2. The molecule has 0 saturated heterocycles. The van der Waals surface area contributed by atoms with Gasteiger partial charge in [-0.25, -0.2) is 8.42 Å². The molecule has 0 aliphatic rings. The normalized spacial score (nSPS) is 11.0. The van der Waals surface area contributed by atoms with Gasteiger partial charge in [0.15, 0.2) is 11.5 Å². The van der Waals surface area contributed by atoms with Gasteiger partial charge in [-0.2, -0.15) is 0 Å². The SMILES string of the molecule is COc1cc(C(=O)Nc2nnc(NS(C)(=O)=O)s2)ccc1Oc1ccc(Cl)cc1[N+](=O)[O-]. The Hall–Kier alpha value is -3.49. The topological polar surface area (TPSA) is 163 Å². The van der Waals surface area contributed by atoms with Gasteiger partial charge in [0.25, 0.3) is 5.91 Å². The van der Waals surface area contributed by atoms with Crippen LogP contribution in [0.25, 0.3) is 0 Å². The number of methoxy groups -OCH3 is 1. The lowest BCUT2D eigenvalue weighted by molar-refractivity contribution is -0.385. The molecule has 12 nitrogen and oxygen atoms in total. The highest BCUT2D eigenvalue weighted by Crippen LogP contribution is 2.38. The predicted octanol–water partition coefficient (Wildman–Crippen LogP) is 3.52. The number of nitro groups is 1. The Morgan fingerprint density at radius 3 is 2.47 bits per heavy atom. The molecule has 3 rings (SSSR count). The van der Waals surface area contributed by atoms with Crippen LogP contribution in [0.5, 0.6) is 17.2 Å². The Balaban J connectivity index is 1.80. The molecule has 2 aromatic carbocycles. The third-order valence-corrected chi connectivity index (χ3v) is 5.36. The summed E-state index contributed by atoms with van der Waals surface area (Å²) < 4.78 is 35.5. The maximum Gasteiger partial charge on any atom is 0.313 e. The van der Waals surface area contributed by atoms with Crippen LogP contribution in [0, 0.1) is 10.1 Å². The quantitative estimate of drug-likeness (QED) is 0.348. The minimum Gasteiger partial charge on any atom is -0.493 e. The molecule has 0 aliphatic heterocycles. The van der Waals surface area contributed by atoms with E-state index in [-0.39, 0.29) is 43.8 Å². The van der Waals surface area contributed by atoms with Crippen molar-refractivity contribution in [1.82, 2.24) is 10.2 Å². The molecular weight excluding hydrogens is 486 g/mol. The number of benzene rings is 2. The Bertz CT molecular complexity index is 1300. The number of sulfonamides is 1. The average Bonchev–Trinajstić information content (AvgIpc) is 3.14. The Morgan fingerprint density at radius 2 is 1.81 bits per heavy atom. The molecule has 0 radical (unpaired) electrons. The number of nitrogens with zero attached hydrogens (tertiary/aromatic N) is 3. The average molecular weight is 500 g/mol. The zero-order valence-corrected chi connectivity index (χ0v) is 18.7. The van der Waals surface area contributed by atoms with Crippen LogP contribution in [-0.4, -0.2) is 42.8 Å². The second-order valence-corrected chi connectivity index (χ2v) is 9.24. The maximum atomic E-state index is 12.5. The molecule has 32 heavy (non-hydrogen) atoms. The van der Waals surface area contributed by atoms with Crippen LogP contribution >= 0.6 is 22.9 Å². The molecule has 0 atom stereocenters. The van der Waals surface area contributed by atoms with Crippen molar-refractivity contribution in [3.8, 4) is 17.2 Å². The standard InChI is InChI=1S/C17H14ClN5O7S2/c1-29-14-7-9(15(24)19-16-20-21-17(31-16)22-32(2,27)28)3-5-13(14)30-12-6-4-10(18)8-11(12)23(25)26/h3-8H,1-2H3,(H,21,22)(H,19,20,24). The molecule has 0 saturated carbocycles. The van der Waals surface area contributed by atoms with Gasteiger partial charge in [0, 0.05) is 16.7 Å². The van der Waals surface area contributed by atoms with E-state index in [0.717, 1.165) is 23.7 Å². The first kappa shape index (κ1) is 23.2. The maximum absolute atomic E-state index is 12.5. The lowest BCUT2D eigenvalue weighted by atomic mass is 10.2. The zero-order chi connectivity index (χ0) is 23.5. The third-order valence-electron chi connectivity index (χ3n) is 3.68. The minimum absolute atomic E-state index is 0.00585. The number of anilines is 2. The van der Waals surface area contributed by atoms with Gasteiger partial charge in [0.2, 0.25) is 26.0 Å². The molecule has 15 heteroatoms. The van der Waals surface area contributed by atoms with E-state index >= 15 is 0 Å². The number of aromatic nitrogens is 2. The van der Waals surface area contributed by atoms with E-state index in [9.17, 15) is 23.3 Å². The summed E-state index contributed by atoms with van der Waals surface area (Å²) in [6, 6.07) is 8.11. The fraction of sp³-hybridized carbons (Fsp3) is 0.118. The first-order valence-electron chi connectivity index (χ1n) is 8.48. The van der Waals surface area contributed by atoms with Gasteiger partial charge in [0.1, 0.15) is 0 Å². The van der Waals surface area contributed by atoms with Gasteiger partial charge in [-0.1, -0.05) is 22.9 Å². The van der Waals surface area contributed by atoms with E-state index in [1.807, 2.05) is 0 Å². The summed E-state index contributed by atoms with van der Waals surface area (Å²) >= 11 is 6.63. The Labute approximate surface area is 190 Å². The molecule has 1 aromatic heterocycles. The van der Waals surface area contributed by atoms with E-state index < -0.39 is 20.9 Å². The lowest BCUT2D eigenvalue weighted by Gasteiger charge is -2.12. The zero-order valence-electron chi connectivity index (χ0n) is 16.4. The second kappa shape index (κ2) is 9.33. The summed E-state index contributed by atoms with van der Waals surface area (Å²) in [4.78, 5) is 23.1. The number of rotatable bonds is 8. The van der Waals surface area contributed by atoms with Crippen LogP contribution in [0.2, 0.25) is 5.02 Å². The van der Waals surface area contributed by atoms with Crippen LogP contribution in [-0.2, 0) is 10.0 Å². The van der Waals surface area contributed by atoms with Gasteiger partial charge >= 0.3 is 5.69 Å². The molecular formula is C17H14ClN5O7S2. The predicted molar refractivity (Wildman–Crippen MR) is 118 cm³/mol. The summed E-state index contributed by atoms with van der Waals surface area (Å²) in [5.74, 6) is -0.368. The van der Waals surface area contributed by atoms with Crippen LogP contribution in [0.15, 0.2) is 36.4 Å². The summed E-state index contributed by atoms with van der Waals surface area (Å²) in [5, 5.41) is 21.3. The molecule has 0 bridgehead atoms. The van der Waals surface area contributed by atoms with Crippen molar-refractivity contribution in [2.75, 3.05) is 23.4 Å². The molecule has 0 aliphatic carbocycles. The number of hydrogen-bond donors (Lipinski definition) is 2. The molecule has 1 amide bonds. The molecule has 0 unspecified atom stereocenters. The second-order valence-electron chi connectivity index (χ2n) is 6.08. The van der Waals surface area contributed by atoms with Crippen LogP contribution in [0.3, 0.4) is 0 Å². The summed E-state index contributed by atoms with van der Waals surface area (Å²) in [6.45, 7) is 0. The fourth-order valence-corrected chi connectivity index (χ4v) is 4.01. The van der Waals surface area contributed by atoms with Gasteiger partial charge in [-0.15, -0.1) is 10.2 Å². The fourth-order valence-electron chi connectivity index (χ4n) is 2.37. The van der Waals surface area contributed by atoms with Gasteiger partial charge in [0.05, 0.1) is 18.3 Å². The van der Waals surface area contributed by atoms with Crippen LogP contribution in [0.1, 0.15) is 10.4 Å². The highest BCUT2D eigenvalue weighted by Gasteiger charge is 2.20. The monoisotopic (exact) mass is 499 g/mol. The molecule has 0 fully saturated rings. The van der Waals surface area contributed by atoms with Crippen molar-refractivity contribution in [1.29, 1.82) is 0 Å². The van der Waals surface area contributed by atoms with Crippen molar-refractivity contribution in [3.63, 3.8) is 0 Å². The van der Waals surface area contributed by atoms with E-state index in [2.05, 4.69) is 20.2 Å². The summed E-state index contributed by atoms with van der Waals surface area (Å²) in [5.41, 5.74) is -0.177. The largest absolute Gasteiger partial charge is 0.493 e. The van der Waals surface area contributed by atoms with Gasteiger partial charge in [-0.3, -0.25) is 24.9 Å². The number of hydrogen-bond acceptors (Lipinski definition) is 10. The first-order valence-corrected chi connectivity index (χ1v) is 11.6. The number of carbonyl (C=O) groups excluding carboxylic acids is 1. The molecule has 168 valence electrons. The van der Waals surface area contributed by atoms with E-state index in [4.69, 9.17) is 21.1 Å². The smallest absolute Gasteiger partial charge is 0.313 e. The van der Waals surface area contributed by atoms with Crippen molar-refractivity contribution in [2.24, 2.45) is 0 Å². The lowest BCUT2D eigenvalue weighted by Crippen LogP contribution is -2.12. The number of nitrogens with one attached hydrogen (secondary N) is 2. The Morgan fingerprint density at radius 1 is 1.12 bits per heavy atom. The number of nitro benzene ring substituents is 1. The molecule has 3 aromatic rings. The van der Waals surface area contributed by atoms with Crippen molar-refractivity contribution in [3.05, 3.63) is 57.1 Å². The molecule has 0 spiro atoms. The Kier molecular flexibility index (Phi) is 6.76. The van der Waals surface area contributed by atoms with Gasteiger partial charge in [-0.05, 0) is 30.3 Å². The molecule has 1 heterocycles. The first-order chi connectivity index (χ1) is 15.1. The number of halogens is 1. The third kappa shape index (κ3) is 5.81.